The number of methoxy groups -OCH3 is 1. The second-order valence-corrected chi connectivity index (χ2v) is 3.70. The largest absolute Gasteiger partial charge is 0.393 e. The molecule has 2 heteroatoms. The lowest BCUT2D eigenvalue weighted by atomic mass is 10.0. The molecule has 1 aliphatic carbocycles. The van der Waals surface area contributed by atoms with Gasteiger partial charge in [-0.05, 0) is 31.1 Å². The zero-order chi connectivity index (χ0) is 8.27. The summed E-state index contributed by atoms with van der Waals surface area (Å²) in [5.41, 5.74) is 0. The Morgan fingerprint density at radius 1 is 1.55 bits per heavy atom. The Hall–Kier alpha value is -0.0800. The fourth-order valence-corrected chi connectivity index (χ4v) is 1.44. The molecule has 0 heterocycles. The molecule has 66 valence electrons. The van der Waals surface area contributed by atoms with E-state index < -0.39 is 0 Å². The third-order valence-corrected chi connectivity index (χ3v) is 2.26. The molecule has 11 heavy (non-hydrogen) atoms. The maximum atomic E-state index is 9.53. The van der Waals surface area contributed by atoms with Gasteiger partial charge in [0.1, 0.15) is 0 Å². The lowest BCUT2D eigenvalue weighted by Gasteiger charge is -2.14. The van der Waals surface area contributed by atoms with E-state index in [1.807, 2.05) is 0 Å². The average Bonchev–Trinajstić information content (AvgIpc) is 2.67. The molecule has 0 aromatic rings. The van der Waals surface area contributed by atoms with E-state index in [1.54, 1.807) is 7.11 Å². The van der Waals surface area contributed by atoms with E-state index in [4.69, 9.17) is 4.74 Å². The second kappa shape index (κ2) is 4.07. The zero-order valence-corrected chi connectivity index (χ0v) is 7.42. The molecule has 0 radical (unpaired) electrons. The van der Waals surface area contributed by atoms with Gasteiger partial charge >= 0.3 is 0 Å². The number of rotatable bonds is 5. The third kappa shape index (κ3) is 3.21. The summed E-state index contributed by atoms with van der Waals surface area (Å²) in [6.07, 6.45) is 3.28. The summed E-state index contributed by atoms with van der Waals surface area (Å²) in [4.78, 5) is 0. The van der Waals surface area contributed by atoms with Crippen LogP contribution in [-0.2, 0) is 4.74 Å². The van der Waals surface area contributed by atoms with E-state index in [-0.39, 0.29) is 6.10 Å². The van der Waals surface area contributed by atoms with Crippen LogP contribution in [-0.4, -0.2) is 24.9 Å². The van der Waals surface area contributed by atoms with Crippen LogP contribution >= 0.6 is 0 Å². The monoisotopic (exact) mass is 158 g/mol. The van der Waals surface area contributed by atoms with E-state index >= 15 is 0 Å². The second-order valence-electron chi connectivity index (χ2n) is 3.70. The number of aliphatic hydroxyl groups is 1. The molecule has 1 rings (SSSR count). The van der Waals surface area contributed by atoms with Gasteiger partial charge in [-0.1, -0.05) is 6.92 Å². The molecular weight excluding hydrogens is 140 g/mol. The van der Waals surface area contributed by atoms with Crippen LogP contribution < -0.4 is 0 Å². The molecule has 0 spiro atoms. The Morgan fingerprint density at radius 3 is 2.64 bits per heavy atom. The molecule has 1 fully saturated rings. The highest BCUT2D eigenvalue weighted by Gasteiger charge is 2.30. The van der Waals surface area contributed by atoms with Crippen molar-refractivity contribution in [2.24, 2.45) is 11.8 Å². The molecule has 0 aromatic heterocycles. The van der Waals surface area contributed by atoms with E-state index in [0.717, 1.165) is 13.0 Å². The summed E-state index contributed by atoms with van der Waals surface area (Å²) >= 11 is 0. The number of hydrogen-bond donors (Lipinski definition) is 1. The van der Waals surface area contributed by atoms with Crippen LogP contribution in [0.2, 0.25) is 0 Å². The minimum atomic E-state index is -0.0693. The first-order chi connectivity index (χ1) is 5.24. The lowest BCUT2D eigenvalue weighted by molar-refractivity contribution is 0.0890. The van der Waals surface area contributed by atoms with Crippen LogP contribution in [0.1, 0.15) is 26.2 Å². The van der Waals surface area contributed by atoms with E-state index in [9.17, 15) is 5.11 Å². The molecule has 0 amide bonds. The van der Waals surface area contributed by atoms with Crippen molar-refractivity contribution in [3.63, 3.8) is 0 Å². The molecule has 1 N–H and O–H groups in total. The maximum Gasteiger partial charge on any atom is 0.0571 e. The molecule has 2 nitrogen and oxygen atoms in total. The van der Waals surface area contributed by atoms with Crippen molar-refractivity contribution in [3.8, 4) is 0 Å². The van der Waals surface area contributed by atoms with Crippen LogP contribution in [0.15, 0.2) is 0 Å². The summed E-state index contributed by atoms with van der Waals surface area (Å²) in [6.45, 7) is 2.89. The first-order valence-corrected chi connectivity index (χ1v) is 4.41. The third-order valence-electron chi connectivity index (χ3n) is 2.26. The van der Waals surface area contributed by atoms with Gasteiger partial charge in [0, 0.05) is 13.7 Å². The van der Waals surface area contributed by atoms with Crippen LogP contribution in [0.25, 0.3) is 0 Å². The van der Waals surface area contributed by atoms with Gasteiger partial charge < -0.3 is 9.84 Å². The van der Waals surface area contributed by atoms with Gasteiger partial charge in [0.25, 0.3) is 0 Å². The topological polar surface area (TPSA) is 29.5 Å². The molecule has 0 saturated heterocycles. The first kappa shape index (κ1) is 9.01. The Bertz CT molecular complexity index is 110. The first-order valence-electron chi connectivity index (χ1n) is 4.41. The standard InChI is InChI=1S/C9H18O2/c1-7(6-11-2)5-9(10)8-3-4-8/h7-10H,3-6H2,1-2H3. The van der Waals surface area contributed by atoms with E-state index in [0.29, 0.717) is 11.8 Å². The minimum absolute atomic E-state index is 0.0693. The zero-order valence-electron chi connectivity index (χ0n) is 7.42. The van der Waals surface area contributed by atoms with Crippen molar-refractivity contribution >= 4 is 0 Å². The molecular formula is C9H18O2. The van der Waals surface area contributed by atoms with Gasteiger partial charge in [0.15, 0.2) is 0 Å². The average molecular weight is 158 g/mol. The van der Waals surface area contributed by atoms with Crippen LogP contribution in [0, 0.1) is 11.8 Å². The van der Waals surface area contributed by atoms with Gasteiger partial charge in [-0.2, -0.15) is 0 Å². The van der Waals surface area contributed by atoms with Gasteiger partial charge in [-0.3, -0.25) is 0 Å². The summed E-state index contributed by atoms with van der Waals surface area (Å²) < 4.78 is 4.99. The van der Waals surface area contributed by atoms with Crippen molar-refractivity contribution in [3.05, 3.63) is 0 Å². The predicted molar refractivity (Wildman–Crippen MR) is 44.4 cm³/mol. The van der Waals surface area contributed by atoms with E-state index in [2.05, 4.69) is 6.92 Å². The van der Waals surface area contributed by atoms with Gasteiger partial charge in [0.05, 0.1) is 6.10 Å². The fraction of sp³-hybridized carbons (Fsp3) is 1.00. The predicted octanol–water partition coefficient (Wildman–Crippen LogP) is 1.43. The summed E-state index contributed by atoms with van der Waals surface area (Å²) in [5.74, 6) is 1.10. The molecule has 0 aromatic carbocycles. The highest BCUT2D eigenvalue weighted by Crippen LogP contribution is 2.34. The van der Waals surface area contributed by atoms with Crippen LogP contribution in [0.5, 0.6) is 0 Å². The van der Waals surface area contributed by atoms with Crippen molar-refractivity contribution in [2.75, 3.05) is 13.7 Å². The molecule has 1 saturated carbocycles. The van der Waals surface area contributed by atoms with Crippen molar-refractivity contribution in [1.82, 2.24) is 0 Å². The Labute approximate surface area is 68.6 Å². The Balaban J connectivity index is 2.07. The molecule has 1 aliphatic rings. The van der Waals surface area contributed by atoms with Gasteiger partial charge in [-0.25, -0.2) is 0 Å². The lowest BCUT2D eigenvalue weighted by Crippen LogP contribution is -2.16. The molecule has 0 bridgehead atoms. The van der Waals surface area contributed by atoms with Gasteiger partial charge in [-0.15, -0.1) is 0 Å². The molecule has 2 atom stereocenters. The summed E-state index contributed by atoms with van der Waals surface area (Å²) in [5, 5.41) is 9.53. The fourth-order valence-electron chi connectivity index (χ4n) is 1.44. The van der Waals surface area contributed by atoms with Crippen LogP contribution in [0.3, 0.4) is 0 Å². The van der Waals surface area contributed by atoms with Crippen molar-refractivity contribution < 1.29 is 9.84 Å². The highest BCUT2D eigenvalue weighted by atomic mass is 16.5. The molecule has 2 unspecified atom stereocenters. The number of aliphatic hydroxyl groups excluding tert-OH is 1. The number of hydrogen-bond acceptors (Lipinski definition) is 2. The van der Waals surface area contributed by atoms with Crippen LogP contribution in [0.4, 0.5) is 0 Å². The minimum Gasteiger partial charge on any atom is -0.393 e. The molecule has 0 aliphatic heterocycles. The summed E-state index contributed by atoms with van der Waals surface area (Å²) in [7, 11) is 1.71. The van der Waals surface area contributed by atoms with Gasteiger partial charge in [0.2, 0.25) is 0 Å². The SMILES string of the molecule is COCC(C)CC(O)C1CC1. The highest BCUT2D eigenvalue weighted by molar-refractivity contribution is 4.81. The number of ether oxygens (including phenoxy) is 1. The Kier molecular flexibility index (Phi) is 3.34. The Morgan fingerprint density at radius 2 is 2.18 bits per heavy atom. The smallest absolute Gasteiger partial charge is 0.0571 e. The van der Waals surface area contributed by atoms with E-state index in [1.165, 1.54) is 12.8 Å². The maximum absolute atomic E-state index is 9.53. The van der Waals surface area contributed by atoms with Crippen molar-refractivity contribution in [1.29, 1.82) is 0 Å². The summed E-state index contributed by atoms with van der Waals surface area (Å²) in [6, 6.07) is 0. The quantitative estimate of drug-likeness (QED) is 0.656. The van der Waals surface area contributed by atoms with Crippen molar-refractivity contribution in [2.45, 2.75) is 32.3 Å². The normalized spacial score (nSPS) is 23.2.